The molecular weight excluding hydrogens is 296 g/mol. The van der Waals surface area contributed by atoms with Crippen molar-refractivity contribution in [2.24, 2.45) is 0 Å². The van der Waals surface area contributed by atoms with E-state index in [1.807, 2.05) is 6.07 Å². The topological polar surface area (TPSA) is 41.1 Å². The minimum Gasteiger partial charge on any atom is -0.331 e. The first-order valence-corrected chi connectivity index (χ1v) is 7.77. The molecule has 2 aromatic rings. The molecule has 1 unspecified atom stereocenters. The fourth-order valence-electron chi connectivity index (χ4n) is 2.51. The van der Waals surface area contributed by atoms with E-state index in [-0.39, 0.29) is 12.1 Å². The Bertz CT molecular complexity index is 670. The van der Waals surface area contributed by atoms with Crippen LogP contribution in [0, 0.1) is 13.8 Å². The summed E-state index contributed by atoms with van der Waals surface area (Å²) in [5.41, 5.74) is 4.24. The van der Waals surface area contributed by atoms with Crippen molar-refractivity contribution >= 4 is 23.3 Å². The van der Waals surface area contributed by atoms with Crippen molar-refractivity contribution in [3.05, 3.63) is 64.2 Å². The van der Waals surface area contributed by atoms with Gasteiger partial charge in [-0.15, -0.1) is 0 Å². The molecule has 0 bridgehead atoms. The molecule has 1 atom stereocenters. The van der Waals surface area contributed by atoms with Crippen molar-refractivity contribution in [3.8, 4) is 0 Å². The van der Waals surface area contributed by atoms with Crippen LogP contribution in [0.1, 0.15) is 36.1 Å². The van der Waals surface area contributed by atoms with Gasteiger partial charge in [0.05, 0.1) is 6.04 Å². The Morgan fingerprint density at radius 1 is 1.18 bits per heavy atom. The Hall–Kier alpha value is -2.00. The van der Waals surface area contributed by atoms with E-state index < -0.39 is 0 Å². The monoisotopic (exact) mass is 316 g/mol. The Labute approximate surface area is 136 Å². The molecule has 4 heteroatoms. The smallest absolute Gasteiger partial charge is 0.319 e. The fourth-order valence-corrected chi connectivity index (χ4v) is 2.70. The number of amides is 2. The second-order valence-electron chi connectivity index (χ2n) is 5.43. The van der Waals surface area contributed by atoms with Crippen LogP contribution in [0.5, 0.6) is 0 Å². The third kappa shape index (κ3) is 4.25. The van der Waals surface area contributed by atoms with Gasteiger partial charge in [-0.1, -0.05) is 48.4 Å². The molecule has 0 aromatic heterocycles. The van der Waals surface area contributed by atoms with Crippen LogP contribution in [-0.4, -0.2) is 6.03 Å². The van der Waals surface area contributed by atoms with Gasteiger partial charge >= 0.3 is 6.03 Å². The maximum Gasteiger partial charge on any atom is 0.319 e. The maximum absolute atomic E-state index is 12.2. The van der Waals surface area contributed by atoms with Gasteiger partial charge in [0.1, 0.15) is 0 Å². The van der Waals surface area contributed by atoms with Crippen LogP contribution in [0.15, 0.2) is 42.5 Å². The molecule has 0 heterocycles. The van der Waals surface area contributed by atoms with Crippen LogP contribution < -0.4 is 10.6 Å². The number of rotatable bonds is 4. The number of carbonyl (C=O) groups is 1. The highest BCUT2D eigenvalue weighted by atomic mass is 35.5. The summed E-state index contributed by atoms with van der Waals surface area (Å²) in [6.45, 7) is 6.20. The first kappa shape index (κ1) is 16.4. The Kier molecular flexibility index (Phi) is 5.45. The molecule has 2 rings (SSSR count). The minimum atomic E-state index is -0.228. The summed E-state index contributed by atoms with van der Waals surface area (Å²) < 4.78 is 0. The van der Waals surface area contributed by atoms with Crippen LogP contribution in [0.2, 0.25) is 5.02 Å². The second kappa shape index (κ2) is 7.32. The summed E-state index contributed by atoms with van der Waals surface area (Å²) in [6, 6.07) is 13.2. The number of urea groups is 1. The van der Waals surface area contributed by atoms with E-state index in [0.29, 0.717) is 10.7 Å². The lowest BCUT2D eigenvalue weighted by molar-refractivity contribution is 0.248. The molecule has 2 amide bonds. The van der Waals surface area contributed by atoms with Crippen molar-refractivity contribution in [3.63, 3.8) is 0 Å². The number of halogens is 1. The van der Waals surface area contributed by atoms with Crippen LogP contribution >= 0.6 is 11.6 Å². The zero-order chi connectivity index (χ0) is 16.1. The van der Waals surface area contributed by atoms with E-state index in [9.17, 15) is 4.79 Å². The van der Waals surface area contributed by atoms with Gasteiger partial charge < -0.3 is 10.6 Å². The molecule has 22 heavy (non-hydrogen) atoms. The summed E-state index contributed by atoms with van der Waals surface area (Å²) in [5, 5.41) is 6.43. The highest BCUT2D eigenvalue weighted by Gasteiger charge is 2.14. The molecule has 0 aliphatic rings. The molecule has 3 nitrogen and oxygen atoms in total. The van der Waals surface area contributed by atoms with Gasteiger partial charge in [-0.05, 0) is 49.6 Å². The summed E-state index contributed by atoms with van der Waals surface area (Å²) >= 11 is 5.92. The minimum absolute atomic E-state index is 0.0141. The highest BCUT2D eigenvalue weighted by Crippen LogP contribution is 2.22. The average Bonchev–Trinajstić information content (AvgIpc) is 2.45. The number of nitrogens with one attached hydrogen (secondary N) is 2. The van der Waals surface area contributed by atoms with Gasteiger partial charge in [0.15, 0.2) is 0 Å². The van der Waals surface area contributed by atoms with Crippen molar-refractivity contribution < 1.29 is 4.79 Å². The van der Waals surface area contributed by atoms with Gasteiger partial charge in [0.25, 0.3) is 0 Å². The van der Waals surface area contributed by atoms with E-state index >= 15 is 0 Å². The SMILES string of the molecule is CCC(NC(=O)Nc1cccc(Cl)c1)c1ccc(C)cc1C. The van der Waals surface area contributed by atoms with Gasteiger partial charge in [-0.25, -0.2) is 4.79 Å². The number of anilines is 1. The largest absolute Gasteiger partial charge is 0.331 e. The van der Waals surface area contributed by atoms with Crippen molar-refractivity contribution in [2.75, 3.05) is 5.32 Å². The lowest BCUT2D eigenvalue weighted by atomic mass is 9.98. The number of benzene rings is 2. The zero-order valence-corrected chi connectivity index (χ0v) is 13.9. The quantitative estimate of drug-likeness (QED) is 0.796. The average molecular weight is 317 g/mol. The van der Waals surface area contributed by atoms with E-state index in [2.05, 4.69) is 49.6 Å². The first-order chi connectivity index (χ1) is 10.5. The first-order valence-electron chi connectivity index (χ1n) is 7.40. The van der Waals surface area contributed by atoms with Crippen molar-refractivity contribution in [1.29, 1.82) is 0 Å². The predicted octanol–water partition coefficient (Wildman–Crippen LogP) is 5.23. The van der Waals surface area contributed by atoms with Gasteiger partial charge in [-0.2, -0.15) is 0 Å². The summed E-state index contributed by atoms with van der Waals surface area (Å²) in [4.78, 5) is 12.2. The van der Waals surface area contributed by atoms with E-state index in [0.717, 1.165) is 12.0 Å². The van der Waals surface area contributed by atoms with E-state index in [1.165, 1.54) is 11.1 Å². The van der Waals surface area contributed by atoms with E-state index in [4.69, 9.17) is 11.6 Å². The lowest BCUT2D eigenvalue weighted by Crippen LogP contribution is -2.32. The Morgan fingerprint density at radius 2 is 1.95 bits per heavy atom. The number of carbonyl (C=O) groups excluding carboxylic acids is 1. The highest BCUT2D eigenvalue weighted by molar-refractivity contribution is 6.30. The van der Waals surface area contributed by atoms with E-state index in [1.54, 1.807) is 18.2 Å². The summed E-state index contributed by atoms with van der Waals surface area (Å²) in [6.07, 6.45) is 0.826. The Balaban J connectivity index is 2.08. The molecule has 0 fully saturated rings. The molecule has 0 saturated heterocycles. The van der Waals surface area contributed by atoms with Crippen molar-refractivity contribution in [2.45, 2.75) is 33.2 Å². The van der Waals surface area contributed by atoms with Crippen LogP contribution in [0.3, 0.4) is 0 Å². The third-order valence-electron chi connectivity index (χ3n) is 3.60. The second-order valence-corrected chi connectivity index (χ2v) is 5.87. The van der Waals surface area contributed by atoms with Crippen molar-refractivity contribution in [1.82, 2.24) is 5.32 Å². The zero-order valence-electron chi connectivity index (χ0n) is 13.1. The predicted molar refractivity (Wildman–Crippen MR) is 92.6 cm³/mol. The summed E-state index contributed by atoms with van der Waals surface area (Å²) in [7, 11) is 0. The molecule has 0 radical (unpaired) electrons. The fraction of sp³-hybridized carbons (Fsp3) is 0.278. The van der Waals surface area contributed by atoms with Crippen LogP contribution in [-0.2, 0) is 0 Å². The van der Waals surface area contributed by atoms with Gasteiger partial charge in [0.2, 0.25) is 0 Å². The van der Waals surface area contributed by atoms with Gasteiger partial charge in [-0.3, -0.25) is 0 Å². The van der Waals surface area contributed by atoms with Gasteiger partial charge in [0, 0.05) is 10.7 Å². The normalized spacial score (nSPS) is 11.8. The number of hydrogen-bond donors (Lipinski definition) is 2. The molecule has 116 valence electrons. The standard InChI is InChI=1S/C18H21ClN2O/c1-4-17(16-9-8-12(2)10-13(16)3)21-18(22)20-15-7-5-6-14(19)11-15/h5-11,17H,4H2,1-3H3,(H2,20,21,22). The third-order valence-corrected chi connectivity index (χ3v) is 3.83. The summed E-state index contributed by atoms with van der Waals surface area (Å²) in [5.74, 6) is 0. The molecular formula is C18H21ClN2O. The van der Waals surface area contributed by atoms with Crippen LogP contribution in [0.25, 0.3) is 0 Å². The molecule has 0 aliphatic heterocycles. The molecule has 2 aromatic carbocycles. The molecule has 0 spiro atoms. The maximum atomic E-state index is 12.2. The number of hydrogen-bond acceptors (Lipinski definition) is 1. The van der Waals surface area contributed by atoms with Crippen LogP contribution in [0.4, 0.5) is 10.5 Å². The lowest BCUT2D eigenvalue weighted by Gasteiger charge is -2.20. The molecule has 2 N–H and O–H groups in total. The Morgan fingerprint density at radius 3 is 2.59 bits per heavy atom. The molecule has 0 aliphatic carbocycles. The molecule has 0 saturated carbocycles. The number of aryl methyl sites for hydroxylation is 2.